The Morgan fingerprint density at radius 2 is 1.89 bits per heavy atom. The van der Waals surface area contributed by atoms with E-state index in [9.17, 15) is 0 Å². The molecule has 5 aliphatic rings. The molecule has 0 heterocycles. The Bertz CT molecular complexity index is 588. The molecule has 0 saturated heterocycles. The average Bonchev–Trinajstić information content (AvgIpc) is 3.06. The van der Waals surface area contributed by atoms with Crippen LogP contribution in [0, 0.1) is 29.6 Å². The van der Waals surface area contributed by atoms with Crippen LogP contribution >= 0.6 is 0 Å². The molecule has 90 valence electrons. The van der Waals surface area contributed by atoms with Gasteiger partial charge in [0.1, 0.15) is 0 Å². The number of hydrogen-bond donors (Lipinski definition) is 0. The summed E-state index contributed by atoms with van der Waals surface area (Å²) in [6.45, 7) is 0. The third-order valence-corrected chi connectivity index (χ3v) is 6.08. The van der Waals surface area contributed by atoms with E-state index in [2.05, 4.69) is 29.7 Å². The minimum atomic E-state index is 0.727. The van der Waals surface area contributed by atoms with Crippen LogP contribution in [0.15, 0.2) is 46.4 Å². The minimum Gasteiger partial charge on any atom is -0.0848 e. The van der Waals surface area contributed by atoms with E-state index in [-0.39, 0.29) is 0 Å². The van der Waals surface area contributed by atoms with Gasteiger partial charge in [0.05, 0.1) is 0 Å². The van der Waals surface area contributed by atoms with Gasteiger partial charge >= 0.3 is 0 Å². The zero-order valence-electron chi connectivity index (χ0n) is 10.7. The van der Waals surface area contributed by atoms with E-state index in [1.807, 2.05) is 0 Å². The molecule has 0 N–H and O–H groups in total. The van der Waals surface area contributed by atoms with Gasteiger partial charge in [0.2, 0.25) is 0 Å². The SMILES string of the molecule is C1=C=C2CC=1C1=CCC3C4C=CC(C4)C3CCC21. The number of allylic oxidation sites excluding steroid dienone is 6. The zero-order chi connectivity index (χ0) is 11.7. The minimum absolute atomic E-state index is 0.727. The van der Waals surface area contributed by atoms with Crippen molar-refractivity contribution in [2.75, 3.05) is 0 Å². The highest BCUT2D eigenvalue weighted by Crippen LogP contribution is 2.55. The summed E-state index contributed by atoms with van der Waals surface area (Å²) in [7, 11) is 0. The molecule has 5 rings (SSSR count). The predicted octanol–water partition coefficient (Wildman–Crippen LogP) is 4.18. The van der Waals surface area contributed by atoms with E-state index < -0.39 is 0 Å². The van der Waals surface area contributed by atoms with Gasteiger partial charge in [-0.05, 0) is 60.5 Å². The summed E-state index contributed by atoms with van der Waals surface area (Å²) in [5.41, 5.74) is 11.4. The van der Waals surface area contributed by atoms with Gasteiger partial charge in [-0.25, -0.2) is 0 Å². The summed E-state index contributed by atoms with van der Waals surface area (Å²) < 4.78 is 0. The molecule has 0 aromatic carbocycles. The molecule has 5 atom stereocenters. The van der Waals surface area contributed by atoms with Gasteiger partial charge in [-0.3, -0.25) is 0 Å². The first-order valence-corrected chi connectivity index (χ1v) is 7.52. The lowest BCUT2D eigenvalue weighted by molar-refractivity contribution is 0.274. The first-order chi connectivity index (χ1) is 8.90. The molecule has 18 heavy (non-hydrogen) atoms. The van der Waals surface area contributed by atoms with E-state index in [0.717, 1.165) is 36.0 Å². The third kappa shape index (κ3) is 1.09. The molecule has 0 amide bonds. The average molecular weight is 234 g/mol. The van der Waals surface area contributed by atoms with Crippen molar-refractivity contribution in [1.29, 1.82) is 0 Å². The van der Waals surface area contributed by atoms with Gasteiger partial charge < -0.3 is 0 Å². The predicted molar refractivity (Wildman–Crippen MR) is 71.8 cm³/mol. The lowest BCUT2D eigenvalue weighted by atomic mass is 9.74. The highest BCUT2D eigenvalue weighted by atomic mass is 14.5. The van der Waals surface area contributed by atoms with E-state index >= 15 is 0 Å². The van der Waals surface area contributed by atoms with Crippen molar-refractivity contribution in [3.8, 4) is 0 Å². The first-order valence-electron chi connectivity index (χ1n) is 7.52. The Morgan fingerprint density at radius 3 is 2.83 bits per heavy atom. The van der Waals surface area contributed by atoms with Crippen LogP contribution in [0.3, 0.4) is 0 Å². The zero-order valence-corrected chi connectivity index (χ0v) is 10.7. The molecule has 2 fully saturated rings. The fraction of sp³-hybridized carbons (Fsp3) is 0.556. The molecule has 5 unspecified atom stereocenters. The maximum absolute atomic E-state index is 3.37. The molecule has 0 spiro atoms. The van der Waals surface area contributed by atoms with Crippen LogP contribution in [0.5, 0.6) is 0 Å². The van der Waals surface area contributed by atoms with E-state index in [1.54, 1.807) is 5.57 Å². The summed E-state index contributed by atoms with van der Waals surface area (Å²) in [5, 5.41) is 0. The van der Waals surface area contributed by atoms with Crippen LogP contribution in [-0.4, -0.2) is 0 Å². The van der Waals surface area contributed by atoms with Crippen LogP contribution in [-0.2, 0) is 0 Å². The van der Waals surface area contributed by atoms with Crippen molar-refractivity contribution < 1.29 is 0 Å². The Morgan fingerprint density at radius 1 is 1.00 bits per heavy atom. The van der Waals surface area contributed by atoms with Crippen LogP contribution in [0.2, 0.25) is 0 Å². The summed E-state index contributed by atoms with van der Waals surface area (Å²) in [4.78, 5) is 0. The molecule has 2 saturated carbocycles. The highest BCUT2D eigenvalue weighted by Gasteiger charge is 2.45. The molecule has 0 aliphatic heterocycles. The van der Waals surface area contributed by atoms with Crippen molar-refractivity contribution in [2.24, 2.45) is 29.6 Å². The Hall–Kier alpha value is -1.22. The van der Waals surface area contributed by atoms with Crippen LogP contribution in [0.1, 0.15) is 32.1 Å². The van der Waals surface area contributed by atoms with Gasteiger partial charge in [0.15, 0.2) is 0 Å². The summed E-state index contributed by atoms with van der Waals surface area (Å²) in [6, 6.07) is 0. The normalized spacial score (nSPS) is 46.2. The van der Waals surface area contributed by atoms with E-state index in [1.165, 1.54) is 36.8 Å². The fourth-order valence-corrected chi connectivity index (χ4v) is 5.24. The lowest BCUT2D eigenvalue weighted by Crippen LogP contribution is -2.22. The molecular weight excluding hydrogens is 216 g/mol. The molecule has 5 aliphatic carbocycles. The summed E-state index contributed by atoms with van der Waals surface area (Å²) in [5.74, 6) is 4.47. The Labute approximate surface area is 108 Å². The molecule has 0 aromatic rings. The van der Waals surface area contributed by atoms with Crippen molar-refractivity contribution in [3.05, 3.63) is 46.4 Å². The van der Waals surface area contributed by atoms with Crippen LogP contribution in [0.25, 0.3) is 0 Å². The van der Waals surface area contributed by atoms with Crippen molar-refractivity contribution in [3.63, 3.8) is 0 Å². The van der Waals surface area contributed by atoms with E-state index in [0.29, 0.717) is 0 Å². The second kappa shape index (κ2) is 3.21. The number of rotatable bonds is 0. The molecule has 0 aromatic heterocycles. The summed E-state index contributed by atoms with van der Waals surface area (Å²) >= 11 is 0. The van der Waals surface area contributed by atoms with Gasteiger partial charge in [0, 0.05) is 17.9 Å². The van der Waals surface area contributed by atoms with Gasteiger partial charge in [-0.1, -0.05) is 29.7 Å². The van der Waals surface area contributed by atoms with Gasteiger partial charge in [-0.2, -0.15) is 0 Å². The summed E-state index contributed by atoms with van der Waals surface area (Å²) in [6.07, 6.45) is 14.3. The highest BCUT2D eigenvalue weighted by molar-refractivity contribution is 5.51. The number of fused-ring (bicyclic) bond motifs is 10. The smallest absolute Gasteiger partial charge is 0.0140 e. The molecule has 4 bridgehead atoms. The standard InChI is InChI=1S/C18H18/c1-2-12-9-11(1)15-5-6-17-13-3-4-14(10-13)18(17)8-7-16(12)15/h1-2,6,11-12,15-16,18H,5,7-10H2. The molecule has 0 heteroatoms. The number of hydrogen-bond acceptors (Lipinski definition) is 0. The maximum atomic E-state index is 3.37. The van der Waals surface area contributed by atoms with Gasteiger partial charge in [0.25, 0.3) is 0 Å². The van der Waals surface area contributed by atoms with E-state index in [4.69, 9.17) is 0 Å². The lowest BCUT2D eigenvalue weighted by Gasteiger charge is -2.31. The molecule has 0 nitrogen and oxygen atoms in total. The Kier molecular flexibility index (Phi) is 1.72. The quantitative estimate of drug-likeness (QED) is 0.436. The monoisotopic (exact) mass is 234 g/mol. The van der Waals surface area contributed by atoms with Gasteiger partial charge in [-0.15, -0.1) is 0 Å². The van der Waals surface area contributed by atoms with Crippen LogP contribution < -0.4 is 0 Å². The fourth-order valence-electron chi connectivity index (χ4n) is 5.24. The third-order valence-electron chi connectivity index (χ3n) is 6.08. The first kappa shape index (κ1) is 9.68. The molecular formula is C18H18. The second-order valence-electron chi connectivity index (χ2n) is 6.73. The van der Waals surface area contributed by atoms with Crippen molar-refractivity contribution in [1.82, 2.24) is 0 Å². The van der Waals surface area contributed by atoms with Crippen molar-refractivity contribution >= 4 is 0 Å². The Balaban J connectivity index is 1.54. The second-order valence-corrected chi connectivity index (χ2v) is 6.73. The maximum Gasteiger partial charge on any atom is 0.0140 e. The molecule has 0 radical (unpaired) electrons. The topological polar surface area (TPSA) is 0 Å². The van der Waals surface area contributed by atoms with Crippen molar-refractivity contribution in [2.45, 2.75) is 32.1 Å². The largest absolute Gasteiger partial charge is 0.0848 e. The van der Waals surface area contributed by atoms with Crippen LogP contribution in [0.4, 0.5) is 0 Å².